The molecule has 0 aliphatic rings. The summed E-state index contributed by atoms with van der Waals surface area (Å²) >= 11 is 0. The normalized spacial score (nSPS) is 12.1. The topological polar surface area (TPSA) is 52.6 Å². The highest BCUT2D eigenvalue weighted by molar-refractivity contribution is 7.91. The smallest absolute Gasteiger partial charge is 0.186 e. The van der Waals surface area contributed by atoms with Gasteiger partial charge in [0.1, 0.15) is 22.3 Å². The second-order valence-corrected chi connectivity index (χ2v) is 5.26. The first-order chi connectivity index (χ1) is 7.90. The highest BCUT2D eigenvalue weighted by Crippen LogP contribution is 2.18. The Hall–Kier alpha value is -1.05. The molecular weight excluding hydrogens is 254 g/mol. The first kappa shape index (κ1) is 14.0. The summed E-state index contributed by atoms with van der Waals surface area (Å²) in [5, 5.41) is 0. The van der Waals surface area contributed by atoms with E-state index >= 15 is 0 Å². The maximum Gasteiger partial charge on any atom is 0.186 e. The highest BCUT2D eigenvalue weighted by Gasteiger charge is 2.24. The zero-order valence-electron chi connectivity index (χ0n) is 9.31. The predicted octanol–water partition coefficient (Wildman–Crippen LogP) is 1.36. The molecular formula is C10H12F2O4S. The van der Waals surface area contributed by atoms with Crippen molar-refractivity contribution in [1.82, 2.24) is 0 Å². The number of rotatable bonds is 5. The fourth-order valence-corrected chi connectivity index (χ4v) is 2.68. The van der Waals surface area contributed by atoms with Crippen LogP contribution in [0.1, 0.15) is 0 Å². The molecule has 4 nitrogen and oxygen atoms in total. The van der Waals surface area contributed by atoms with Gasteiger partial charge >= 0.3 is 0 Å². The Morgan fingerprint density at radius 3 is 2.35 bits per heavy atom. The number of halogens is 2. The monoisotopic (exact) mass is 266 g/mol. The van der Waals surface area contributed by atoms with E-state index in [0.29, 0.717) is 6.07 Å². The second kappa shape index (κ2) is 5.52. The molecule has 0 aromatic heterocycles. The molecule has 0 fully saturated rings. The molecule has 96 valence electrons. The summed E-state index contributed by atoms with van der Waals surface area (Å²) in [5.74, 6) is -2.41. The van der Waals surface area contributed by atoms with Gasteiger partial charge in [0.05, 0.1) is 0 Å². The van der Waals surface area contributed by atoms with Gasteiger partial charge in [-0.25, -0.2) is 17.2 Å². The predicted molar refractivity (Wildman–Crippen MR) is 56.2 cm³/mol. The van der Waals surface area contributed by atoms with Gasteiger partial charge in [0.2, 0.25) is 0 Å². The van der Waals surface area contributed by atoms with Gasteiger partial charge in [-0.2, -0.15) is 0 Å². The van der Waals surface area contributed by atoms with E-state index in [9.17, 15) is 17.2 Å². The van der Waals surface area contributed by atoms with Crippen LogP contribution in [0.3, 0.4) is 0 Å². The van der Waals surface area contributed by atoms with E-state index < -0.39 is 38.4 Å². The molecule has 1 aromatic carbocycles. The molecule has 0 aliphatic carbocycles. The van der Waals surface area contributed by atoms with E-state index in [0.717, 1.165) is 12.1 Å². The van der Waals surface area contributed by atoms with E-state index in [1.165, 1.54) is 14.2 Å². The summed E-state index contributed by atoms with van der Waals surface area (Å²) < 4.78 is 59.1. The molecule has 0 saturated carbocycles. The fraction of sp³-hybridized carbons (Fsp3) is 0.400. The summed E-state index contributed by atoms with van der Waals surface area (Å²) in [5.41, 5.74) is 0. The van der Waals surface area contributed by atoms with Crippen molar-refractivity contribution < 1.29 is 26.7 Å². The summed E-state index contributed by atoms with van der Waals surface area (Å²) in [6.07, 6.45) is -1.03. The van der Waals surface area contributed by atoms with Crippen LogP contribution in [-0.2, 0) is 19.3 Å². The van der Waals surface area contributed by atoms with Crippen molar-refractivity contribution in [2.45, 2.75) is 11.2 Å². The third kappa shape index (κ3) is 3.45. The van der Waals surface area contributed by atoms with Crippen molar-refractivity contribution in [3.05, 3.63) is 29.8 Å². The van der Waals surface area contributed by atoms with E-state index in [-0.39, 0.29) is 0 Å². The standard InChI is InChI=1S/C10H12F2O4S/c1-15-10(16-2)6-17(13,14)9-5-7(11)3-4-8(9)12/h3-5,10H,6H2,1-2H3. The first-order valence-electron chi connectivity index (χ1n) is 4.64. The largest absolute Gasteiger partial charge is 0.355 e. The average molecular weight is 266 g/mol. The maximum absolute atomic E-state index is 13.3. The number of sulfone groups is 1. The minimum Gasteiger partial charge on any atom is -0.355 e. The van der Waals surface area contributed by atoms with Gasteiger partial charge in [-0.3, -0.25) is 0 Å². The Morgan fingerprint density at radius 2 is 1.82 bits per heavy atom. The molecule has 1 rings (SSSR count). The van der Waals surface area contributed by atoms with Gasteiger partial charge in [-0.1, -0.05) is 0 Å². The molecule has 0 radical (unpaired) electrons. The van der Waals surface area contributed by atoms with Gasteiger partial charge in [-0.05, 0) is 18.2 Å². The molecule has 7 heteroatoms. The zero-order valence-corrected chi connectivity index (χ0v) is 10.1. The molecule has 0 bridgehead atoms. The van der Waals surface area contributed by atoms with Crippen molar-refractivity contribution in [3.63, 3.8) is 0 Å². The van der Waals surface area contributed by atoms with Crippen molar-refractivity contribution in [1.29, 1.82) is 0 Å². The fourth-order valence-electron chi connectivity index (χ4n) is 1.22. The summed E-state index contributed by atoms with van der Waals surface area (Å²) in [7, 11) is -1.49. The molecule has 0 amide bonds. The van der Waals surface area contributed by atoms with Crippen LogP contribution in [0, 0.1) is 11.6 Å². The second-order valence-electron chi connectivity index (χ2n) is 3.26. The Labute approximate surface area is 98.1 Å². The van der Waals surface area contributed by atoms with E-state index in [1.807, 2.05) is 0 Å². The maximum atomic E-state index is 13.3. The van der Waals surface area contributed by atoms with Crippen LogP contribution in [0.25, 0.3) is 0 Å². The highest BCUT2D eigenvalue weighted by atomic mass is 32.2. The van der Waals surface area contributed by atoms with Crippen LogP contribution in [0.2, 0.25) is 0 Å². The Morgan fingerprint density at radius 1 is 1.24 bits per heavy atom. The first-order valence-corrected chi connectivity index (χ1v) is 6.29. The Balaban J connectivity index is 3.09. The van der Waals surface area contributed by atoms with Crippen molar-refractivity contribution in [3.8, 4) is 0 Å². The van der Waals surface area contributed by atoms with E-state index in [2.05, 4.69) is 0 Å². The van der Waals surface area contributed by atoms with Crippen LogP contribution >= 0.6 is 0 Å². The molecule has 0 N–H and O–H groups in total. The van der Waals surface area contributed by atoms with Gasteiger partial charge in [0.15, 0.2) is 16.1 Å². The van der Waals surface area contributed by atoms with Crippen LogP contribution < -0.4 is 0 Å². The lowest BCUT2D eigenvalue weighted by Crippen LogP contribution is -2.25. The minimum absolute atomic E-state index is 0.583. The van der Waals surface area contributed by atoms with Crippen LogP contribution in [0.15, 0.2) is 23.1 Å². The van der Waals surface area contributed by atoms with Gasteiger partial charge in [0.25, 0.3) is 0 Å². The molecule has 0 heterocycles. The number of methoxy groups -OCH3 is 2. The molecule has 0 aliphatic heterocycles. The molecule has 1 aromatic rings. The summed E-state index contributed by atoms with van der Waals surface area (Å²) in [4.78, 5) is -0.698. The van der Waals surface area contributed by atoms with Crippen molar-refractivity contribution in [2.24, 2.45) is 0 Å². The molecule has 0 atom stereocenters. The minimum atomic E-state index is -4.00. The molecule has 0 saturated heterocycles. The average Bonchev–Trinajstić information content (AvgIpc) is 2.29. The van der Waals surface area contributed by atoms with Gasteiger partial charge in [-0.15, -0.1) is 0 Å². The van der Waals surface area contributed by atoms with Gasteiger partial charge < -0.3 is 9.47 Å². The SMILES string of the molecule is COC(CS(=O)(=O)c1cc(F)ccc1F)OC. The van der Waals surface area contributed by atoms with Crippen molar-refractivity contribution >= 4 is 9.84 Å². The number of benzene rings is 1. The van der Waals surface area contributed by atoms with Gasteiger partial charge in [0, 0.05) is 14.2 Å². The molecule has 17 heavy (non-hydrogen) atoms. The molecule has 0 spiro atoms. The van der Waals surface area contributed by atoms with E-state index in [4.69, 9.17) is 9.47 Å². The summed E-state index contributed by atoms with van der Waals surface area (Å²) in [6, 6.07) is 2.24. The number of ether oxygens (including phenoxy) is 2. The van der Waals surface area contributed by atoms with Crippen LogP contribution in [0.4, 0.5) is 8.78 Å². The summed E-state index contributed by atoms with van der Waals surface area (Å²) in [6.45, 7) is 0. The van der Waals surface area contributed by atoms with Crippen LogP contribution in [0.5, 0.6) is 0 Å². The van der Waals surface area contributed by atoms with E-state index in [1.54, 1.807) is 0 Å². The lowest BCUT2D eigenvalue weighted by Gasteiger charge is -2.13. The van der Waals surface area contributed by atoms with Crippen LogP contribution in [-0.4, -0.2) is 34.7 Å². The quantitative estimate of drug-likeness (QED) is 0.755. The molecule has 0 unspecified atom stereocenters. The third-order valence-electron chi connectivity index (χ3n) is 2.11. The Kier molecular flexibility index (Phi) is 4.55. The lowest BCUT2D eigenvalue weighted by molar-refractivity contribution is -0.0852. The third-order valence-corrected chi connectivity index (χ3v) is 3.80. The number of hydrogen-bond acceptors (Lipinski definition) is 4. The number of hydrogen-bond donors (Lipinski definition) is 0. The van der Waals surface area contributed by atoms with Crippen molar-refractivity contribution in [2.75, 3.05) is 20.0 Å². The zero-order chi connectivity index (χ0) is 13.1. The Bertz CT molecular complexity index is 483. The lowest BCUT2D eigenvalue weighted by atomic mass is 10.3.